The topological polar surface area (TPSA) is 64.7 Å². The van der Waals surface area contributed by atoms with E-state index in [2.05, 4.69) is 4.99 Å². The minimum Gasteiger partial charge on any atom is -0.468 e. The molecule has 2 rings (SSSR count). The highest BCUT2D eigenvalue weighted by Crippen LogP contribution is 2.38. The first-order valence-electron chi connectivity index (χ1n) is 4.47. The number of fused-ring (bicyclic) bond motifs is 1. The third-order valence-corrected chi connectivity index (χ3v) is 3.58. The molecule has 0 bridgehead atoms. The fourth-order valence-electron chi connectivity index (χ4n) is 1.76. The highest BCUT2D eigenvalue weighted by Gasteiger charge is 2.36. The molecular weight excluding hydrogens is 188 g/mol. The summed E-state index contributed by atoms with van der Waals surface area (Å²) in [6.45, 7) is 0. The number of thioether (sulfide) groups is 1. The normalized spacial score (nSPS) is 35.5. The number of ether oxygens (including phenoxy) is 1. The van der Waals surface area contributed by atoms with E-state index in [1.807, 2.05) is 0 Å². The third-order valence-electron chi connectivity index (χ3n) is 2.35. The Morgan fingerprint density at radius 1 is 1.54 bits per heavy atom. The van der Waals surface area contributed by atoms with E-state index in [0.717, 1.165) is 12.8 Å². The summed E-state index contributed by atoms with van der Waals surface area (Å²) in [5.74, 6) is 0. The molecule has 2 amide bonds. The maximum atomic E-state index is 10.5. The Hall–Kier alpha value is -0.710. The van der Waals surface area contributed by atoms with Crippen LogP contribution in [-0.4, -0.2) is 22.6 Å². The van der Waals surface area contributed by atoms with Crippen LogP contribution in [0.3, 0.4) is 0 Å². The number of amides is 2. The van der Waals surface area contributed by atoms with Gasteiger partial charge in [-0.15, -0.1) is 0 Å². The van der Waals surface area contributed by atoms with Crippen LogP contribution in [0.4, 0.5) is 4.79 Å². The van der Waals surface area contributed by atoms with Gasteiger partial charge in [-0.1, -0.05) is 18.2 Å². The van der Waals surface area contributed by atoms with E-state index in [1.54, 1.807) is 11.8 Å². The first-order valence-corrected chi connectivity index (χ1v) is 5.35. The van der Waals surface area contributed by atoms with Crippen LogP contribution in [0.15, 0.2) is 4.99 Å². The molecule has 0 spiro atoms. The minimum absolute atomic E-state index is 0.261. The third kappa shape index (κ3) is 1.96. The average Bonchev–Trinajstić information content (AvgIpc) is 2.44. The van der Waals surface area contributed by atoms with Gasteiger partial charge in [-0.2, -0.15) is 4.99 Å². The molecule has 0 unspecified atom stereocenters. The van der Waals surface area contributed by atoms with Crippen LogP contribution < -0.4 is 5.73 Å². The molecule has 0 aromatic rings. The number of hydrogen-bond acceptors (Lipinski definition) is 3. The molecule has 0 aromatic heterocycles. The van der Waals surface area contributed by atoms with Crippen molar-refractivity contribution in [3.63, 3.8) is 0 Å². The van der Waals surface area contributed by atoms with Gasteiger partial charge in [0.25, 0.3) is 5.23 Å². The van der Waals surface area contributed by atoms with Gasteiger partial charge in [0, 0.05) is 0 Å². The first kappa shape index (κ1) is 8.87. The predicted octanol–water partition coefficient (Wildman–Crippen LogP) is 1.50. The van der Waals surface area contributed by atoms with Crippen molar-refractivity contribution in [2.45, 2.75) is 37.0 Å². The number of carbonyl (C=O) groups is 1. The first-order chi connectivity index (χ1) is 6.25. The average molecular weight is 200 g/mol. The maximum Gasteiger partial charge on any atom is 0.342 e. The van der Waals surface area contributed by atoms with Crippen molar-refractivity contribution in [3.8, 4) is 0 Å². The summed E-state index contributed by atoms with van der Waals surface area (Å²) in [6, 6.07) is -0.666. The number of urea groups is 1. The largest absolute Gasteiger partial charge is 0.468 e. The summed E-state index contributed by atoms with van der Waals surface area (Å²) in [5, 5.41) is 0.955. The molecule has 2 N–H and O–H groups in total. The Labute approximate surface area is 80.9 Å². The zero-order chi connectivity index (χ0) is 9.26. The van der Waals surface area contributed by atoms with Crippen LogP contribution in [0, 0.1) is 0 Å². The Balaban J connectivity index is 2.02. The standard InChI is InChI=1S/C8H12N2O2S/c9-7(11)10-8-12-5-3-1-2-4-6(5)13-8/h5-6H,1-4H2,(H2,9,11)/b10-8-/t5-,6-/m0/s1. The number of primary amides is 1. The van der Waals surface area contributed by atoms with Crippen LogP contribution in [0.2, 0.25) is 0 Å². The number of aliphatic imine (C=N–C) groups is 1. The molecule has 2 atom stereocenters. The quantitative estimate of drug-likeness (QED) is 0.644. The molecule has 1 heterocycles. The summed E-state index contributed by atoms with van der Waals surface area (Å²) >= 11 is 1.55. The van der Waals surface area contributed by atoms with Gasteiger partial charge < -0.3 is 10.5 Å². The highest BCUT2D eigenvalue weighted by atomic mass is 32.2. The van der Waals surface area contributed by atoms with Crippen LogP contribution in [0.25, 0.3) is 0 Å². The molecule has 13 heavy (non-hydrogen) atoms. The van der Waals surface area contributed by atoms with Crippen molar-refractivity contribution in [1.29, 1.82) is 0 Å². The molecule has 2 aliphatic rings. The lowest BCUT2D eigenvalue weighted by Crippen LogP contribution is -2.23. The Morgan fingerprint density at radius 3 is 3.00 bits per heavy atom. The summed E-state index contributed by atoms with van der Waals surface area (Å²) in [6.07, 6.45) is 4.96. The van der Waals surface area contributed by atoms with Gasteiger partial charge in [0.05, 0.1) is 5.25 Å². The molecule has 1 aliphatic heterocycles. The van der Waals surface area contributed by atoms with E-state index in [9.17, 15) is 4.79 Å². The second-order valence-electron chi connectivity index (χ2n) is 3.31. The van der Waals surface area contributed by atoms with Crippen molar-refractivity contribution in [1.82, 2.24) is 0 Å². The Bertz CT molecular complexity index is 239. The summed E-state index contributed by atoms with van der Waals surface area (Å²) in [5.41, 5.74) is 4.94. The zero-order valence-electron chi connectivity index (χ0n) is 7.23. The molecular formula is C8H12N2O2S. The molecule has 1 saturated carbocycles. The molecule has 1 aliphatic carbocycles. The lowest BCUT2D eigenvalue weighted by molar-refractivity contribution is 0.167. The lowest BCUT2D eigenvalue weighted by Gasteiger charge is -2.21. The summed E-state index contributed by atoms with van der Waals surface area (Å²) < 4.78 is 5.49. The molecule has 2 fully saturated rings. The van der Waals surface area contributed by atoms with Crippen LogP contribution in [0.1, 0.15) is 25.7 Å². The molecule has 72 valence electrons. The minimum atomic E-state index is -0.666. The number of rotatable bonds is 0. The van der Waals surface area contributed by atoms with Gasteiger partial charge in [0.1, 0.15) is 6.10 Å². The van der Waals surface area contributed by atoms with Gasteiger partial charge in [-0.25, -0.2) is 4.79 Å². The number of hydrogen-bond donors (Lipinski definition) is 1. The van der Waals surface area contributed by atoms with Gasteiger partial charge >= 0.3 is 6.03 Å². The highest BCUT2D eigenvalue weighted by molar-refractivity contribution is 8.14. The smallest absolute Gasteiger partial charge is 0.342 e. The van der Waals surface area contributed by atoms with E-state index < -0.39 is 6.03 Å². The summed E-state index contributed by atoms with van der Waals surface area (Å²) in [7, 11) is 0. The van der Waals surface area contributed by atoms with Gasteiger partial charge in [0.15, 0.2) is 0 Å². The van der Waals surface area contributed by atoms with Crippen molar-refractivity contribution < 1.29 is 9.53 Å². The van der Waals surface area contributed by atoms with Crippen LogP contribution in [-0.2, 0) is 4.74 Å². The van der Waals surface area contributed by atoms with Crippen LogP contribution in [0.5, 0.6) is 0 Å². The number of nitrogens with zero attached hydrogens (tertiary/aromatic N) is 1. The SMILES string of the molecule is NC(=O)/N=C1/O[C@H]2CCCC[C@@H]2S1. The maximum absolute atomic E-state index is 10.5. The zero-order valence-corrected chi connectivity index (χ0v) is 8.05. The Kier molecular flexibility index (Phi) is 2.44. The van der Waals surface area contributed by atoms with Gasteiger partial charge in [-0.3, -0.25) is 0 Å². The number of nitrogens with two attached hydrogens (primary N) is 1. The predicted molar refractivity (Wildman–Crippen MR) is 51.7 cm³/mol. The molecule has 4 nitrogen and oxygen atoms in total. The van der Waals surface area contributed by atoms with Crippen molar-refractivity contribution in [3.05, 3.63) is 0 Å². The fourth-order valence-corrected chi connectivity index (χ4v) is 2.97. The van der Waals surface area contributed by atoms with Gasteiger partial charge in [-0.05, 0) is 19.3 Å². The second-order valence-corrected chi connectivity index (χ2v) is 4.50. The monoisotopic (exact) mass is 200 g/mol. The molecule has 0 radical (unpaired) electrons. The number of carbonyl (C=O) groups excluding carboxylic acids is 1. The van der Waals surface area contributed by atoms with Crippen molar-refractivity contribution >= 4 is 23.0 Å². The Morgan fingerprint density at radius 2 is 2.31 bits per heavy atom. The molecule has 5 heteroatoms. The van der Waals surface area contributed by atoms with E-state index in [4.69, 9.17) is 10.5 Å². The fraction of sp³-hybridized carbons (Fsp3) is 0.750. The van der Waals surface area contributed by atoms with Crippen molar-refractivity contribution in [2.24, 2.45) is 10.7 Å². The lowest BCUT2D eigenvalue weighted by atomic mass is 9.97. The van der Waals surface area contributed by atoms with E-state index in [-0.39, 0.29) is 6.10 Å². The molecule has 0 aromatic carbocycles. The van der Waals surface area contributed by atoms with Crippen LogP contribution >= 0.6 is 11.8 Å². The van der Waals surface area contributed by atoms with E-state index in [1.165, 1.54) is 12.8 Å². The van der Waals surface area contributed by atoms with E-state index >= 15 is 0 Å². The van der Waals surface area contributed by atoms with Gasteiger partial charge in [0.2, 0.25) is 0 Å². The molecule has 1 saturated heterocycles. The second kappa shape index (κ2) is 3.57. The summed E-state index contributed by atoms with van der Waals surface area (Å²) in [4.78, 5) is 14.1. The van der Waals surface area contributed by atoms with Crippen molar-refractivity contribution in [2.75, 3.05) is 0 Å². The van der Waals surface area contributed by atoms with E-state index in [0.29, 0.717) is 10.5 Å².